The molecule has 0 amide bonds. The maximum absolute atomic E-state index is 12.2. The monoisotopic (exact) mass is 244 g/mol. The summed E-state index contributed by atoms with van der Waals surface area (Å²) >= 11 is 0. The molecule has 0 radical (unpaired) electrons. The summed E-state index contributed by atoms with van der Waals surface area (Å²) in [4.78, 5) is 3.21. The zero-order chi connectivity index (χ0) is 12.6. The lowest BCUT2D eigenvalue weighted by molar-refractivity contribution is -0.146. The van der Waals surface area contributed by atoms with Crippen molar-refractivity contribution < 1.29 is 22.8 Å². The van der Waals surface area contributed by atoms with E-state index in [1.165, 1.54) is 12.1 Å². The Morgan fingerprint density at radius 3 is 2.53 bits per heavy atom. The number of rotatable bonds is 1. The second kappa shape index (κ2) is 3.76. The fraction of sp³-hybridized carbons (Fsp3) is 0.200. The molecule has 1 heterocycles. The summed E-state index contributed by atoms with van der Waals surface area (Å²) in [6.45, 7) is 1.66. The van der Waals surface area contributed by atoms with Crippen molar-refractivity contribution in [3.63, 3.8) is 0 Å². The molecule has 1 aromatic heterocycles. The molecule has 0 aliphatic rings. The van der Waals surface area contributed by atoms with E-state index in [1.54, 1.807) is 13.0 Å². The van der Waals surface area contributed by atoms with Crippen LogP contribution in [0.3, 0.4) is 0 Å². The normalized spacial score (nSPS) is 11.8. The molecule has 0 atom stereocenters. The van der Waals surface area contributed by atoms with E-state index >= 15 is 0 Å². The molecule has 0 aliphatic heterocycles. The second-order valence-electron chi connectivity index (χ2n) is 3.42. The van der Waals surface area contributed by atoms with Crippen molar-refractivity contribution >= 4 is 0 Å². The van der Waals surface area contributed by atoms with Gasteiger partial charge in [-0.3, -0.25) is 0 Å². The molecule has 90 valence electrons. The Labute approximate surface area is 93.7 Å². The van der Waals surface area contributed by atoms with Crippen LogP contribution in [0.25, 0.3) is 11.5 Å². The average molecular weight is 244 g/mol. The van der Waals surface area contributed by atoms with Gasteiger partial charge >= 0.3 is 6.18 Å². The number of phenolic OH excluding ortho intramolecular Hbond substituents is 1. The van der Waals surface area contributed by atoms with E-state index in [0.717, 1.165) is 0 Å². The van der Waals surface area contributed by atoms with Gasteiger partial charge in [-0.05, 0) is 24.6 Å². The van der Waals surface area contributed by atoms with Gasteiger partial charge in [-0.2, -0.15) is 18.2 Å². The molecule has 2 aromatic rings. The summed E-state index contributed by atoms with van der Waals surface area (Å²) in [6.07, 6.45) is -4.64. The van der Waals surface area contributed by atoms with Gasteiger partial charge in [0.2, 0.25) is 0 Å². The lowest BCUT2D eigenvalue weighted by atomic mass is 10.1. The number of hydrogen-bond acceptors (Lipinski definition) is 4. The molecular formula is C10H7F3N2O2. The Kier molecular flexibility index (Phi) is 2.53. The highest BCUT2D eigenvalue weighted by atomic mass is 19.4. The highest BCUT2D eigenvalue weighted by Crippen LogP contribution is 2.30. The Bertz CT molecular complexity index is 549. The SMILES string of the molecule is Cc1ccc(-c2nc(C(F)(F)F)no2)cc1O. The van der Waals surface area contributed by atoms with E-state index in [9.17, 15) is 18.3 Å². The molecular weight excluding hydrogens is 237 g/mol. The van der Waals surface area contributed by atoms with Crippen molar-refractivity contribution in [3.8, 4) is 17.2 Å². The van der Waals surface area contributed by atoms with E-state index < -0.39 is 12.0 Å². The number of hydrogen-bond donors (Lipinski definition) is 1. The molecule has 4 nitrogen and oxygen atoms in total. The topological polar surface area (TPSA) is 59.2 Å². The van der Waals surface area contributed by atoms with Gasteiger partial charge in [0.05, 0.1) is 0 Å². The smallest absolute Gasteiger partial charge is 0.455 e. The number of nitrogens with zero attached hydrogens (tertiary/aromatic N) is 2. The van der Waals surface area contributed by atoms with Crippen LogP contribution in [0.4, 0.5) is 13.2 Å². The van der Waals surface area contributed by atoms with Crippen LogP contribution < -0.4 is 0 Å². The third kappa shape index (κ3) is 2.22. The van der Waals surface area contributed by atoms with Gasteiger partial charge < -0.3 is 9.63 Å². The van der Waals surface area contributed by atoms with E-state index in [4.69, 9.17) is 0 Å². The van der Waals surface area contributed by atoms with Gasteiger partial charge in [0.25, 0.3) is 11.7 Å². The van der Waals surface area contributed by atoms with Crippen LogP contribution in [-0.2, 0) is 6.18 Å². The molecule has 0 spiro atoms. The number of aryl methyl sites for hydroxylation is 1. The first-order chi connectivity index (χ1) is 7.88. The second-order valence-corrected chi connectivity index (χ2v) is 3.42. The van der Waals surface area contributed by atoms with Crippen LogP contribution in [0.15, 0.2) is 22.7 Å². The number of benzene rings is 1. The fourth-order valence-electron chi connectivity index (χ4n) is 1.20. The van der Waals surface area contributed by atoms with Gasteiger partial charge in [-0.25, -0.2) is 0 Å². The molecule has 17 heavy (non-hydrogen) atoms. The minimum absolute atomic E-state index is 0.0470. The van der Waals surface area contributed by atoms with E-state index in [-0.39, 0.29) is 17.2 Å². The summed E-state index contributed by atoms with van der Waals surface area (Å²) in [5.74, 6) is -1.67. The Morgan fingerprint density at radius 1 is 1.29 bits per heavy atom. The van der Waals surface area contributed by atoms with Gasteiger partial charge in [-0.1, -0.05) is 11.2 Å². The predicted octanol–water partition coefficient (Wildman–Crippen LogP) is 2.77. The number of alkyl halides is 3. The van der Waals surface area contributed by atoms with Crippen molar-refractivity contribution in [1.29, 1.82) is 0 Å². The molecule has 7 heteroatoms. The summed E-state index contributed by atoms with van der Waals surface area (Å²) < 4.78 is 41.2. The summed E-state index contributed by atoms with van der Waals surface area (Å²) in [6, 6.07) is 4.30. The van der Waals surface area contributed by atoms with Crippen LogP contribution in [0.2, 0.25) is 0 Å². The molecule has 0 saturated heterocycles. The Hall–Kier alpha value is -2.05. The first kappa shape index (κ1) is 11.4. The molecule has 1 N–H and O–H groups in total. The van der Waals surface area contributed by atoms with E-state index in [2.05, 4.69) is 14.7 Å². The van der Waals surface area contributed by atoms with Crippen LogP contribution in [0.5, 0.6) is 5.75 Å². The van der Waals surface area contributed by atoms with Gasteiger partial charge in [0, 0.05) is 5.56 Å². The molecule has 2 rings (SSSR count). The number of aromatic hydroxyl groups is 1. The van der Waals surface area contributed by atoms with Crippen LogP contribution in [-0.4, -0.2) is 15.2 Å². The Balaban J connectivity index is 2.40. The van der Waals surface area contributed by atoms with E-state index in [1.807, 2.05) is 0 Å². The Morgan fingerprint density at radius 2 is 2.00 bits per heavy atom. The van der Waals surface area contributed by atoms with Gasteiger partial charge in [0.15, 0.2) is 0 Å². The van der Waals surface area contributed by atoms with Crippen molar-refractivity contribution in [2.24, 2.45) is 0 Å². The lowest BCUT2D eigenvalue weighted by Gasteiger charge is -1.99. The quantitative estimate of drug-likeness (QED) is 0.837. The van der Waals surface area contributed by atoms with Crippen LogP contribution in [0.1, 0.15) is 11.4 Å². The summed E-state index contributed by atoms with van der Waals surface area (Å²) in [5, 5.41) is 12.2. The zero-order valence-electron chi connectivity index (χ0n) is 8.62. The number of halogens is 3. The summed E-state index contributed by atoms with van der Waals surface area (Å²) in [5.41, 5.74) is 0.834. The van der Waals surface area contributed by atoms with Crippen molar-refractivity contribution in [2.75, 3.05) is 0 Å². The third-order valence-corrected chi connectivity index (χ3v) is 2.14. The number of phenols is 1. The highest BCUT2D eigenvalue weighted by molar-refractivity contribution is 5.57. The largest absolute Gasteiger partial charge is 0.508 e. The average Bonchev–Trinajstić information content (AvgIpc) is 2.70. The highest BCUT2D eigenvalue weighted by Gasteiger charge is 2.37. The van der Waals surface area contributed by atoms with E-state index in [0.29, 0.717) is 5.56 Å². The third-order valence-electron chi connectivity index (χ3n) is 2.14. The number of aromatic nitrogens is 2. The maximum atomic E-state index is 12.2. The van der Waals surface area contributed by atoms with Crippen LogP contribution >= 0.6 is 0 Å². The standard InChI is InChI=1S/C10H7F3N2O2/c1-5-2-3-6(4-7(5)16)8-14-9(15-17-8)10(11,12)13/h2-4,16H,1H3. The van der Waals surface area contributed by atoms with Crippen LogP contribution in [0, 0.1) is 6.92 Å². The predicted molar refractivity (Wildman–Crippen MR) is 51.1 cm³/mol. The maximum Gasteiger partial charge on any atom is 0.455 e. The molecule has 0 saturated carbocycles. The lowest BCUT2D eigenvalue weighted by Crippen LogP contribution is -2.07. The molecule has 0 aliphatic carbocycles. The molecule has 0 fully saturated rings. The van der Waals surface area contributed by atoms with Gasteiger partial charge in [0.1, 0.15) is 5.75 Å². The summed E-state index contributed by atoms with van der Waals surface area (Å²) in [7, 11) is 0. The van der Waals surface area contributed by atoms with Crippen molar-refractivity contribution in [3.05, 3.63) is 29.6 Å². The van der Waals surface area contributed by atoms with Gasteiger partial charge in [-0.15, -0.1) is 0 Å². The van der Waals surface area contributed by atoms with Crippen molar-refractivity contribution in [2.45, 2.75) is 13.1 Å². The first-order valence-corrected chi connectivity index (χ1v) is 4.59. The molecule has 0 unspecified atom stereocenters. The van der Waals surface area contributed by atoms with Crippen molar-refractivity contribution in [1.82, 2.24) is 10.1 Å². The minimum atomic E-state index is -4.64. The molecule has 0 bridgehead atoms. The fourth-order valence-corrected chi connectivity index (χ4v) is 1.20. The zero-order valence-corrected chi connectivity index (χ0v) is 8.62. The molecule has 1 aromatic carbocycles. The first-order valence-electron chi connectivity index (χ1n) is 4.59. The minimum Gasteiger partial charge on any atom is -0.508 e.